The van der Waals surface area contributed by atoms with Crippen LogP contribution >= 0.6 is 27.3 Å². The van der Waals surface area contributed by atoms with Crippen LogP contribution in [0, 0.1) is 0 Å². The Morgan fingerprint density at radius 3 is 2.71 bits per heavy atom. The predicted octanol–water partition coefficient (Wildman–Crippen LogP) is 1.95. The quantitative estimate of drug-likeness (QED) is 0.843. The molecule has 0 bridgehead atoms. The molecule has 0 aromatic carbocycles. The van der Waals surface area contributed by atoms with Gasteiger partial charge in [-0.3, -0.25) is 4.21 Å². The van der Waals surface area contributed by atoms with Gasteiger partial charge in [-0.05, 0) is 33.8 Å². The van der Waals surface area contributed by atoms with Crippen LogP contribution in [0.3, 0.4) is 0 Å². The molecule has 0 aliphatic carbocycles. The van der Waals surface area contributed by atoms with Gasteiger partial charge < -0.3 is 0 Å². The average Bonchev–Trinajstić information content (AvgIpc) is 2.64. The topological polar surface area (TPSA) is 63.2 Å². The number of halogens is 1. The molecule has 8 heteroatoms. The zero-order valence-corrected chi connectivity index (χ0v) is 13.5. The van der Waals surface area contributed by atoms with E-state index in [1.807, 2.05) is 6.92 Å². The van der Waals surface area contributed by atoms with Gasteiger partial charge >= 0.3 is 0 Å². The second-order valence-corrected chi connectivity index (χ2v) is 9.09. The molecule has 1 rings (SSSR count). The van der Waals surface area contributed by atoms with E-state index in [2.05, 4.69) is 20.7 Å². The maximum atomic E-state index is 11.9. The van der Waals surface area contributed by atoms with Gasteiger partial charge in [-0.25, -0.2) is 13.1 Å². The Labute approximate surface area is 116 Å². The molecule has 0 saturated heterocycles. The van der Waals surface area contributed by atoms with Crippen LogP contribution in [-0.4, -0.2) is 30.7 Å². The van der Waals surface area contributed by atoms with Crippen LogP contribution in [0.5, 0.6) is 0 Å². The summed E-state index contributed by atoms with van der Waals surface area (Å²) in [5.74, 6) is 0. The Morgan fingerprint density at radius 2 is 2.24 bits per heavy atom. The number of sulfonamides is 1. The van der Waals surface area contributed by atoms with Gasteiger partial charge in [0.25, 0.3) is 10.0 Å². The lowest BCUT2D eigenvalue weighted by atomic mass is 10.3. The van der Waals surface area contributed by atoms with E-state index < -0.39 is 20.8 Å². The van der Waals surface area contributed by atoms with Crippen molar-refractivity contribution in [3.05, 3.63) is 15.9 Å². The fourth-order valence-corrected chi connectivity index (χ4v) is 4.98. The monoisotopic (exact) mass is 359 g/mol. The molecule has 1 aromatic rings. The molecule has 0 aliphatic rings. The molecule has 1 N–H and O–H groups in total. The van der Waals surface area contributed by atoms with Crippen LogP contribution in [-0.2, 0) is 20.8 Å². The molecule has 4 nitrogen and oxygen atoms in total. The molecule has 0 fully saturated rings. The number of hydrogen-bond acceptors (Lipinski definition) is 4. The first-order valence-corrected chi connectivity index (χ1v) is 9.67. The summed E-state index contributed by atoms with van der Waals surface area (Å²) < 4.78 is 38.2. The van der Waals surface area contributed by atoms with Gasteiger partial charge in [-0.1, -0.05) is 6.92 Å². The average molecular weight is 360 g/mol. The number of nitrogens with one attached hydrogen (secondary N) is 1. The number of hydrogen-bond donors (Lipinski definition) is 1. The summed E-state index contributed by atoms with van der Waals surface area (Å²) in [6.07, 6.45) is 2.18. The Kier molecular flexibility index (Phi) is 5.78. The normalized spacial score (nSPS) is 15.7. The van der Waals surface area contributed by atoms with Crippen molar-refractivity contribution >= 4 is 48.1 Å². The van der Waals surface area contributed by atoms with E-state index >= 15 is 0 Å². The third-order valence-electron chi connectivity index (χ3n) is 2.24. The zero-order valence-electron chi connectivity index (χ0n) is 9.47. The van der Waals surface area contributed by atoms with Gasteiger partial charge in [-0.2, -0.15) is 0 Å². The Bertz CT molecular complexity index is 497. The molecular weight excluding hydrogens is 346 g/mol. The second kappa shape index (κ2) is 6.42. The smallest absolute Gasteiger partial charge is 0.251 e. The molecule has 0 radical (unpaired) electrons. The minimum absolute atomic E-state index is 0.00974. The van der Waals surface area contributed by atoms with E-state index in [9.17, 15) is 12.6 Å². The third kappa shape index (κ3) is 4.44. The summed E-state index contributed by atoms with van der Waals surface area (Å²) >= 11 is 4.35. The van der Waals surface area contributed by atoms with Crippen molar-refractivity contribution in [1.82, 2.24) is 4.72 Å². The van der Waals surface area contributed by atoms with Crippen molar-refractivity contribution in [1.29, 1.82) is 0 Å². The second-order valence-electron chi connectivity index (χ2n) is 3.55. The van der Waals surface area contributed by atoms with Crippen LogP contribution in [0.2, 0.25) is 0 Å². The molecular formula is C9H14BrNO3S3. The Hall–Kier alpha value is 0.240. The van der Waals surface area contributed by atoms with Crippen LogP contribution in [0.25, 0.3) is 0 Å². The van der Waals surface area contributed by atoms with Crippen molar-refractivity contribution in [3.63, 3.8) is 0 Å². The van der Waals surface area contributed by atoms with Gasteiger partial charge in [0.2, 0.25) is 0 Å². The summed E-state index contributed by atoms with van der Waals surface area (Å²) in [6, 6.07) is 1.70. The fourth-order valence-electron chi connectivity index (χ4n) is 1.10. The maximum absolute atomic E-state index is 11.9. The Morgan fingerprint density at radius 1 is 1.59 bits per heavy atom. The number of rotatable bonds is 6. The molecule has 0 saturated carbocycles. The predicted molar refractivity (Wildman–Crippen MR) is 75.4 cm³/mol. The molecule has 2 atom stereocenters. The molecule has 1 aromatic heterocycles. The van der Waals surface area contributed by atoms with Crippen molar-refractivity contribution < 1.29 is 12.6 Å². The van der Waals surface area contributed by atoms with Crippen LogP contribution in [0.15, 0.2) is 20.1 Å². The lowest BCUT2D eigenvalue weighted by molar-refractivity contribution is 0.579. The molecule has 98 valence electrons. The first-order valence-electron chi connectivity index (χ1n) is 4.89. The lowest BCUT2D eigenvalue weighted by Gasteiger charge is -2.09. The maximum Gasteiger partial charge on any atom is 0.251 e. The molecule has 1 heterocycles. The van der Waals surface area contributed by atoms with Crippen molar-refractivity contribution in [2.24, 2.45) is 0 Å². The Balaban J connectivity index is 2.58. The number of thiophene rings is 1. The van der Waals surface area contributed by atoms with E-state index in [-0.39, 0.29) is 9.46 Å². The standard InChI is InChI=1S/C9H14BrNO3S3/c1-7(16(2)12)3-5-11-17(13,14)9-8(10)4-6-15-9/h4,6-7,11H,3,5H2,1-2H3. The first kappa shape index (κ1) is 15.3. The van der Waals surface area contributed by atoms with E-state index in [4.69, 9.17) is 0 Å². The summed E-state index contributed by atoms with van der Waals surface area (Å²) in [5, 5.41) is 1.70. The van der Waals surface area contributed by atoms with Crippen molar-refractivity contribution in [2.45, 2.75) is 22.8 Å². The summed E-state index contributed by atoms with van der Waals surface area (Å²) in [7, 11) is -4.37. The van der Waals surface area contributed by atoms with Crippen LogP contribution < -0.4 is 4.72 Å². The molecule has 2 unspecified atom stereocenters. The first-order chi connectivity index (χ1) is 7.84. The largest absolute Gasteiger partial charge is 0.260 e. The highest BCUT2D eigenvalue weighted by Gasteiger charge is 2.19. The van der Waals surface area contributed by atoms with Gasteiger partial charge in [0.1, 0.15) is 4.21 Å². The van der Waals surface area contributed by atoms with Crippen LogP contribution in [0.4, 0.5) is 0 Å². The molecule has 0 spiro atoms. The van der Waals surface area contributed by atoms with Gasteiger partial charge in [-0.15, -0.1) is 11.3 Å². The molecule has 0 amide bonds. The minimum atomic E-state index is -3.45. The van der Waals surface area contributed by atoms with Crippen molar-refractivity contribution in [2.75, 3.05) is 12.8 Å². The highest BCUT2D eigenvalue weighted by molar-refractivity contribution is 9.10. The summed E-state index contributed by atoms with van der Waals surface area (Å²) in [4.78, 5) is 0. The molecule has 0 aliphatic heterocycles. The van der Waals surface area contributed by atoms with E-state index in [0.29, 0.717) is 17.4 Å². The van der Waals surface area contributed by atoms with E-state index in [1.54, 1.807) is 17.7 Å². The van der Waals surface area contributed by atoms with E-state index in [1.165, 1.54) is 0 Å². The van der Waals surface area contributed by atoms with Gasteiger partial charge in [0.05, 0.1) is 0 Å². The minimum Gasteiger partial charge on any atom is -0.260 e. The summed E-state index contributed by atoms with van der Waals surface area (Å²) in [6.45, 7) is 2.14. The zero-order chi connectivity index (χ0) is 13.1. The van der Waals surface area contributed by atoms with Gasteiger partial charge in [0.15, 0.2) is 0 Å². The highest BCUT2D eigenvalue weighted by atomic mass is 79.9. The molecule has 17 heavy (non-hydrogen) atoms. The lowest BCUT2D eigenvalue weighted by Crippen LogP contribution is -2.27. The van der Waals surface area contributed by atoms with Crippen molar-refractivity contribution in [3.8, 4) is 0 Å². The van der Waals surface area contributed by atoms with Gasteiger partial charge in [0, 0.05) is 33.3 Å². The van der Waals surface area contributed by atoms with E-state index in [0.717, 1.165) is 11.3 Å². The summed E-state index contributed by atoms with van der Waals surface area (Å²) in [5.41, 5.74) is 0. The third-order valence-corrected chi connectivity index (χ3v) is 7.74. The van der Waals surface area contributed by atoms with Crippen LogP contribution in [0.1, 0.15) is 13.3 Å². The SMILES string of the molecule is CC(CCNS(=O)(=O)c1sccc1Br)S(C)=O. The highest BCUT2D eigenvalue weighted by Crippen LogP contribution is 2.27. The fraction of sp³-hybridized carbons (Fsp3) is 0.556.